The summed E-state index contributed by atoms with van der Waals surface area (Å²) in [6, 6.07) is 13.5. The van der Waals surface area contributed by atoms with Gasteiger partial charge in [0.15, 0.2) is 6.61 Å². The second-order valence-electron chi connectivity index (χ2n) is 7.83. The van der Waals surface area contributed by atoms with E-state index in [4.69, 9.17) is 10.00 Å². The van der Waals surface area contributed by atoms with Gasteiger partial charge in [0, 0.05) is 31.1 Å². The van der Waals surface area contributed by atoms with Crippen LogP contribution in [0.15, 0.2) is 41.8 Å². The Bertz CT molecular complexity index is 1290. The second kappa shape index (κ2) is 9.65. The lowest BCUT2D eigenvalue weighted by molar-refractivity contribution is -0.134. The van der Waals surface area contributed by atoms with Crippen LogP contribution < -0.4 is 4.74 Å². The van der Waals surface area contributed by atoms with E-state index in [2.05, 4.69) is 16.0 Å². The molecule has 0 unspecified atom stereocenters. The highest BCUT2D eigenvalue weighted by molar-refractivity contribution is 7.21. The fourth-order valence-corrected chi connectivity index (χ4v) is 5.29. The number of thiazole rings is 1. The highest BCUT2D eigenvalue weighted by Crippen LogP contribution is 2.38. The van der Waals surface area contributed by atoms with Gasteiger partial charge in [0.1, 0.15) is 5.75 Å². The van der Waals surface area contributed by atoms with Gasteiger partial charge in [-0.2, -0.15) is 5.26 Å². The minimum Gasteiger partial charge on any atom is -0.483 e. The zero-order valence-electron chi connectivity index (χ0n) is 18.3. The number of rotatable bonds is 8. The van der Waals surface area contributed by atoms with Gasteiger partial charge in [0.25, 0.3) is 5.91 Å². The highest BCUT2D eigenvalue weighted by atomic mass is 32.1. The average molecular weight is 465 g/mol. The zero-order chi connectivity index (χ0) is 22.7. The fraction of sp³-hybridized carbons (Fsp3) is 0.292. The predicted octanol–water partition coefficient (Wildman–Crippen LogP) is 4.66. The zero-order valence-corrected chi connectivity index (χ0v) is 19.9. The van der Waals surface area contributed by atoms with Crippen LogP contribution in [0.3, 0.4) is 0 Å². The Labute approximate surface area is 195 Å². The van der Waals surface area contributed by atoms with E-state index in [9.17, 15) is 4.79 Å². The molecule has 4 aromatic rings. The molecule has 6 nitrogen and oxygen atoms in total. The van der Waals surface area contributed by atoms with Gasteiger partial charge in [0.05, 0.1) is 31.6 Å². The van der Waals surface area contributed by atoms with Gasteiger partial charge in [0.2, 0.25) is 0 Å². The van der Waals surface area contributed by atoms with Gasteiger partial charge in [-0.1, -0.05) is 12.1 Å². The maximum atomic E-state index is 13.1. The number of aromatic nitrogens is 1. The number of hydrogen-bond donors (Lipinski definition) is 0. The van der Waals surface area contributed by atoms with Crippen molar-refractivity contribution in [2.75, 3.05) is 33.8 Å². The number of carbonyl (C=O) groups is 1. The molecule has 0 saturated heterocycles. The maximum Gasteiger partial charge on any atom is 0.260 e. The van der Waals surface area contributed by atoms with Crippen LogP contribution in [0.2, 0.25) is 0 Å². The van der Waals surface area contributed by atoms with Crippen molar-refractivity contribution in [2.24, 2.45) is 0 Å². The van der Waals surface area contributed by atoms with Gasteiger partial charge in [-0.05, 0) is 50.2 Å². The number of nitrogens with zero attached hydrogens (tertiary/aromatic N) is 4. The number of hydrogen-bond acceptors (Lipinski definition) is 7. The van der Waals surface area contributed by atoms with Crippen molar-refractivity contribution in [3.05, 3.63) is 57.9 Å². The summed E-state index contributed by atoms with van der Waals surface area (Å²) >= 11 is 3.27. The largest absolute Gasteiger partial charge is 0.483 e. The molecule has 0 radical (unpaired) electrons. The van der Waals surface area contributed by atoms with Crippen molar-refractivity contribution >= 4 is 48.9 Å². The molecule has 4 rings (SSSR count). The Kier molecular flexibility index (Phi) is 6.70. The SMILES string of the molecule is Cc1nc2c(cc(OCC(=O)N(CCN(C)C)Cc3ccc(C#N)cc3)c3ccsc32)s1. The van der Waals surface area contributed by atoms with Crippen LogP contribution in [-0.4, -0.2) is 54.5 Å². The number of fused-ring (bicyclic) bond motifs is 3. The summed E-state index contributed by atoms with van der Waals surface area (Å²) in [5.74, 6) is 0.650. The lowest BCUT2D eigenvalue weighted by atomic mass is 10.1. The summed E-state index contributed by atoms with van der Waals surface area (Å²) in [4.78, 5) is 21.6. The fourth-order valence-electron chi connectivity index (χ4n) is 3.45. The minimum absolute atomic E-state index is 0.0298. The summed E-state index contributed by atoms with van der Waals surface area (Å²) in [7, 11) is 3.97. The number of amides is 1. The summed E-state index contributed by atoms with van der Waals surface area (Å²) in [5, 5.41) is 13.0. The van der Waals surface area contributed by atoms with E-state index < -0.39 is 0 Å². The number of carbonyl (C=O) groups excluding carboxylic acids is 1. The van der Waals surface area contributed by atoms with E-state index in [1.165, 1.54) is 0 Å². The molecule has 0 bridgehead atoms. The van der Waals surface area contributed by atoms with E-state index >= 15 is 0 Å². The van der Waals surface area contributed by atoms with Gasteiger partial charge < -0.3 is 14.5 Å². The molecule has 0 spiro atoms. The molecule has 0 atom stereocenters. The van der Waals surface area contributed by atoms with Gasteiger partial charge in [-0.3, -0.25) is 4.79 Å². The quantitative estimate of drug-likeness (QED) is 0.379. The lowest BCUT2D eigenvalue weighted by Gasteiger charge is -2.25. The Morgan fingerprint density at radius 3 is 2.69 bits per heavy atom. The molecule has 2 aromatic heterocycles. The smallest absolute Gasteiger partial charge is 0.260 e. The van der Waals surface area contributed by atoms with E-state index in [0.717, 1.165) is 43.2 Å². The molecular weight excluding hydrogens is 440 g/mol. The standard InChI is InChI=1S/C24H24N4O2S2/c1-16-26-23-21(32-16)12-20(19-8-11-31-24(19)23)30-15-22(29)28(10-9-27(2)3)14-18-6-4-17(13-25)5-7-18/h4-8,11-12H,9-10,14-15H2,1-3H3. The van der Waals surface area contributed by atoms with Crippen LogP contribution in [0, 0.1) is 18.3 Å². The first kappa shape index (κ1) is 22.2. The second-order valence-corrected chi connectivity index (χ2v) is 9.98. The molecular formula is C24H24N4O2S2. The summed E-state index contributed by atoms with van der Waals surface area (Å²) in [5.41, 5.74) is 2.60. The molecule has 2 aromatic carbocycles. The van der Waals surface area contributed by atoms with Crippen LogP contribution >= 0.6 is 22.7 Å². The van der Waals surface area contributed by atoms with Crippen molar-refractivity contribution in [1.82, 2.24) is 14.8 Å². The number of likely N-dealkylation sites (N-methyl/N-ethyl adjacent to an activating group) is 1. The highest BCUT2D eigenvalue weighted by Gasteiger charge is 2.18. The van der Waals surface area contributed by atoms with Crippen LogP contribution in [0.5, 0.6) is 5.75 Å². The molecule has 1 amide bonds. The Morgan fingerprint density at radius 1 is 1.19 bits per heavy atom. The molecule has 164 valence electrons. The normalized spacial score (nSPS) is 11.2. The van der Waals surface area contributed by atoms with Gasteiger partial charge in [-0.25, -0.2) is 4.98 Å². The molecule has 0 N–H and O–H groups in total. The summed E-state index contributed by atoms with van der Waals surface area (Å²) in [6.07, 6.45) is 0. The first-order valence-corrected chi connectivity index (χ1v) is 12.0. The van der Waals surface area contributed by atoms with E-state index in [1.54, 1.807) is 34.8 Å². The first-order valence-electron chi connectivity index (χ1n) is 10.3. The molecule has 2 heterocycles. The van der Waals surface area contributed by atoms with Crippen LogP contribution in [0.25, 0.3) is 20.3 Å². The number of aryl methyl sites for hydroxylation is 1. The molecule has 8 heteroatoms. The number of nitriles is 1. The van der Waals surface area contributed by atoms with E-state index in [1.807, 2.05) is 55.6 Å². The van der Waals surface area contributed by atoms with Crippen molar-refractivity contribution in [3.8, 4) is 11.8 Å². The molecule has 0 aliphatic heterocycles. The monoisotopic (exact) mass is 464 g/mol. The molecule has 0 fully saturated rings. The average Bonchev–Trinajstić information content (AvgIpc) is 3.41. The topological polar surface area (TPSA) is 69.5 Å². The third-order valence-corrected chi connectivity index (χ3v) is 6.98. The van der Waals surface area contributed by atoms with Crippen LogP contribution in [0.1, 0.15) is 16.1 Å². The van der Waals surface area contributed by atoms with Crippen molar-refractivity contribution in [3.63, 3.8) is 0 Å². The third-order valence-electron chi connectivity index (χ3n) is 5.15. The molecule has 0 aliphatic carbocycles. The van der Waals surface area contributed by atoms with E-state index in [-0.39, 0.29) is 12.5 Å². The summed E-state index contributed by atoms with van der Waals surface area (Å²) in [6.45, 7) is 3.79. The van der Waals surface area contributed by atoms with Crippen molar-refractivity contribution < 1.29 is 9.53 Å². The first-order chi connectivity index (χ1) is 15.4. The van der Waals surface area contributed by atoms with Crippen LogP contribution in [-0.2, 0) is 11.3 Å². The van der Waals surface area contributed by atoms with Gasteiger partial charge in [-0.15, -0.1) is 22.7 Å². The van der Waals surface area contributed by atoms with Crippen molar-refractivity contribution in [2.45, 2.75) is 13.5 Å². The number of ether oxygens (including phenoxy) is 1. The minimum atomic E-state index is -0.0693. The number of benzene rings is 2. The number of thiophene rings is 1. The Balaban J connectivity index is 1.52. The third kappa shape index (κ3) is 4.91. The lowest BCUT2D eigenvalue weighted by Crippen LogP contribution is -2.39. The van der Waals surface area contributed by atoms with E-state index in [0.29, 0.717) is 18.7 Å². The Morgan fingerprint density at radius 2 is 1.97 bits per heavy atom. The maximum absolute atomic E-state index is 13.1. The van der Waals surface area contributed by atoms with Crippen LogP contribution in [0.4, 0.5) is 0 Å². The molecule has 0 saturated carbocycles. The summed E-state index contributed by atoms with van der Waals surface area (Å²) < 4.78 is 8.22. The van der Waals surface area contributed by atoms with Crippen molar-refractivity contribution in [1.29, 1.82) is 5.26 Å². The molecule has 0 aliphatic rings. The predicted molar refractivity (Wildman–Crippen MR) is 130 cm³/mol. The Hall–Kier alpha value is -2.99. The van der Waals surface area contributed by atoms with Gasteiger partial charge >= 0.3 is 0 Å². The molecule has 32 heavy (non-hydrogen) atoms.